The Labute approximate surface area is 233 Å². The number of pyridine rings is 1. The second kappa shape index (κ2) is 12.7. The van der Waals surface area contributed by atoms with Gasteiger partial charge in [0.1, 0.15) is 6.61 Å². The number of ether oxygens (including phenoxy) is 1. The van der Waals surface area contributed by atoms with Gasteiger partial charge in [-0.3, -0.25) is 14.7 Å². The van der Waals surface area contributed by atoms with Crippen molar-refractivity contribution in [2.75, 3.05) is 19.8 Å². The molecule has 1 aromatic heterocycles. The smallest absolute Gasteiger partial charge is 0.391 e. The van der Waals surface area contributed by atoms with Gasteiger partial charge in [0, 0.05) is 19.3 Å². The summed E-state index contributed by atoms with van der Waals surface area (Å²) < 4.78 is 44.7. The summed E-state index contributed by atoms with van der Waals surface area (Å²) in [5.41, 5.74) is 4.11. The lowest BCUT2D eigenvalue weighted by molar-refractivity contribution is -0.184. The van der Waals surface area contributed by atoms with Crippen LogP contribution in [0, 0.1) is 24.7 Å². The van der Waals surface area contributed by atoms with E-state index in [0.29, 0.717) is 31.5 Å². The molecule has 0 saturated heterocycles. The van der Waals surface area contributed by atoms with Crippen molar-refractivity contribution in [3.63, 3.8) is 0 Å². The molecule has 10 heteroatoms. The van der Waals surface area contributed by atoms with Gasteiger partial charge < -0.3 is 15.2 Å². The SMILES string of the molecule is Cc1ccc([C@H](COCC(=O)O)NC(=O)c2cnc3c(c2)CN(CC2CCC(C(F)(F)F)CC2)[C@H]3C(C)C)cc1. The average molecular weight is 562 g/mol. The lowest BCUT2D eigenvalue weighted by Gasteiger charge is -2.35. The van der Waals surface area contributed by atoms with Crippen molar-refractivity contribution in [3.05, 3.63) is 64.5 Å². The highest BCUT2D eigenvalue weighted by molar-refractivity contribution is 5.94. The van der Waals surface area contributed by atoms with E-state index in [2.05, 4.69) is 29.0 Å². The summed E-state index contributed by atoms with van der Waals surface area (Å²) in [4.78, 5) is 31.2. The molecule has 1 aromatic carbocycles. The molecule has 2 aromatic rings. The number of carboxylic acids is 1. The Morgan fingerprint density at radius 1 is 1.15 bits per heavy atom. The number of rotatable bonds is 10. The van der Waals surface area contributed by atoms with Gasteiger partial charge in [0.05, 0.1) is 35.9 Å². The van der Waals surface area contributed by atoms with Crippen molar-refractivity contribution in [2.24, 2.45) is 17.8 Å². The van der Waals surface area contributed by atoms with Crippen molar-refractivity contribution < 1.29 is 32.6 Å². The second-order valence-corrected chi connectivity index (χ2v) is 11.5. The number of carbonyl (C=O) groups is 2. The fourth-order valence-corrected chi connectivity index (χ4v) is 5.97. The molecule has 4 rings (SSSR count). The Bertz CT molecular complexity index is 1180. The van der Waals surface area contributed by atoms with Crippen molar-refractivity contribution in [1.29, 1.82) is 0 Å². The zero-order valence-electron chi connectivity index (χ0n) is 23.2. The number of fused-ring (bicyclic) bond motifs is 1. The van der Waals surface area contributed by atoms with Crippen LogP contribution in [-0.2, 0) is 16.1 Å². The number of hydrogen-bond donors (Lipinski definition) is 2. The highest BCUT2D eigenvalue weighted by Gasteiger charge is 2.42. The lowest BCUT2D eigenvalue weighted by Crippen LogP contribution is -2.35. The quantitative estimate of drug-likeness (QED) is 0.379. The number of alkyl halides is 3. The van der Waals surface area contributed by atoms with Gasteiger partial charge in [0.25, 0.3) is 5.91 Å². The van der Waals surface area contributed by atoms with E-state index in [9.17, 15) is 22.8 Å². The highest BCUT2D eigenvalue weighted by Crippen LogP contribution is 2.43. The van der Waals surface area contributed by atoms with Crippen LogP contribution in [0.25, 0.3) is 0 Å². The minimum Gasteiger partial charge on any atom is -0.480 e. The van der Waals surface area contributed by atoms with E-state index < -0.39 is 30.7 Å². The van der Waals surface area contributed by atoms with Gasteiger partial charge in [0.2, 0.25) is 0 Å². The Kier molecular flexibility index (Phi) is 9.51. The van der Waals surface area contributed by atoms with Crippen LogP contribution in [0.1, 0.15) is 84.4 Å². The molecule has 0 radical (unpaired) electrons. The summed E-state index contributed by atoms with van der Waals surface area (Å²) in [6.45, 7) is 7.01. The molecular formula is C30H38F3N3O4. The van der Waals surface area contributed by atoms with Gasteiger partial charge in [-0.2, -0.15) is 13.2 Å². The maximum atomic E-state index is 13.3. The fourth-order valence-electron chi connectivity index (χ4n) is 5.97. The maximum absolute atomic E-state index is 13.3. The highest BCUT2D eigenvalue weighted by atomic mass is 19.4. The molecule has 0 bridgehead atoms. The first-order valence-electron chi connectivity index (χ1n) is 13.9. The first-order valence-corrected chi connectivity index (χ1v) is 13.9. The number of hydrogen-bond acceptors (Lipinski definition) is 5. The van der Waals surface area contributed by atoms with Gasteiger partial charge >= 0.3 is 12.1 Å². The van der Waals surface area contributed by atoms with Crippen LogP contribution < -0.4 is 5.32 Å². The molecule has 2 atom stereocenters. The van der Waals surface area contributed by atoms with Crippen LogP contribution in [0.2, 0.25) is 0 Å². The monoisotopic (exact) mass is 561 g/mol. The predicted octanol–water partition coefficient (Wildman–Crippen LogP) is 5.84. The number of carbonyl (C=O) groups excluding carboxylic acids is 1. The molecule has 1 saturated carbocycles. The molecule has 1 aliphatic heterocycles. The van der Waals surface area contributed by atoms with Gasteiger partial charge in [-0.1, -0.05) is 43.7 Å². The summed E-state index contributed by atoms with van der Waals surface area (Å²) in [5.74, 6) is -2.17. The number of benzene rings is 1. The van der Waals surface area contributed by atoms with Crippen molar-refractivity contribution in [3.8, 4) is 0 Å². The molecule has 1 fully saturated rings. The molecule has 0 unspecified atom stereocenters. The van der Waals surface area contributed by atoms with E-state index in [1.54, 1.807) is 6.20 Å². The third-order valence-electron chi connectivity index (χ3n) is 8.04. The Balaban J connectivity index is 1.45. The van der Waals surface area contributed by atoms with Crippen molar-refractivity contribution >= 4 is 11.9 Å². The zero-order valence-corrected chi connectivity index (χ0v) is 23.2. The van der Waals surface area contributed by atoms with Gasteiger partial charge in [-0.05, 0) is 61.6 Å². The molecule has 40 heavy (non-hydrogen) atoms. The third kappa shape index (κ3) is 7.40. The zero-order chi connectivity index (χ0) is 29.0. The van der Waals surface area contributed by atoms with E-state index >= 15 is 0 Å². The predicted molar refractivity (Wildman–Crippen MR) is 144 cm³/mol. The second-order valence-electron chi connectivity index (χ2n) is 11.5. The Morgan fingerprint density at radius 2 is 1.82 bits per heavy atom. The van der Waals surface area contributed by atoms with Crippen LogP contribution in [0.4, 0.5) is 13.2 Å². The van der Waals surface area contributed by atoms with Crippen LogP contribution >= 0.6 is 0 Å². The number of amides is 1. The van der Waals surface area contributed by atoms with E-state index in [4.69, 9.17) is 9.84 Å². The lowest BCUT2D eigenvalue weighted by atomic mass is 9.81. The van der Waals surface area contributed by atoms with E-state index in [1.165, 1.54) is 0 Å². The normalized spacial score (nSPS) is 22.2. The Hall–Kier alpha value is -2.98. The molecular weight excluding hydrogens is 523 g/mol. The average Bonchev–Trinajstić information content (AvgIpc) is 3.25. The summed E-state index contributed by atoms with van der Waals surface area (Å²) in [6, 6.07) is 8.91. The molecule has 218 valence electrons. The summed E-state index contributed by atoms with van der Waals surface area (Å²) in [5, 5.41) is 11.9. The topological polar surface area (TPSA) is 91.8 Å². The van der Waals surface area contributed by atoms with Crippen LogP contribution in [0.5, 0.6) is 0 Å². The van der Waals surface area contributed by atoms with Crippen LogP contribution in [0.15, 0.2) is 36.5 Å². The number of aliphatic carboxylic acids is 1. The molecule has 7 nitrogen and oxygen atoms in total. The number of halogens is 3. The first-order chi connectivity index (χ1) is 18.9. The molecule has 2 aliphatic rings. The van der Waals surface area contributed by atoms with Crippen LogP contribution in [-0.4, -0.2) is 52.8 Å². The number of carboxylic acid groups (broad SMARTS) is 1. The van der Waals surface area contributed by atoms with E-state index in [1.807, 2.05) is 37.3 Å². The number of nitrogens with one attached hydrogen (secondary N) is 1. The maximum Gasteiger partial charge on any atom is 0.391 e. The minimum absolute atomic E-state index is 0.000738. The number of nitrogens with zero attached hydrogens (tertiary/aromatic N) is 2. The standard InChI is InChI=1S/C30H38F3N3O4/c1-18(2)28-27-23(15-36(28)14-20-6-10-24(11-7-20)30(31,32)33)12-22(13-34-27)29(39)35-25(16-40-17-26(37)38)21-8-4-19(3)5-9-21/h4-5,8-9,12-13,18,20,24-25,28H,6-7,10-11,14-17H2,1-3H3,(H,35,39)(H,37,38)/t20?,24?,25-,28-/m0/s1. The van der Waals surface area contributed by atoms with Crippen molar-refractivity contribution in [2.45, 2.75) is 71.3 Å². The minimum atomic E-state index is -4.11. The molecule has 1 aliphatic carbocycles. The summed E-state index contributed by atoms with van der Waals surface area (Å²) in [7, 11) is 0. The van der Waals surface area contributed by atoms with Gasteiger partial charge in [0.15, 0.2) is 0 Å². The van der Waals surface area contributed by atoms with E-state index in [-0.39, 0.29) is 43.2 Å². The number of aryl methyl sites for hydroxylation is 1. The molecule has 2 heterocycles. The van der Waals surface area contributed by atoms with Gasteiger partial charge in [-0.15, -0.1) is 0 Å². The largest absolute Gasteiger partial charge is 0.480 e. The van der Waals surface area contributed by atoms with E-state index in [0.717, 1.165) is 22.4 Å². The summed E-state index contributed by atoms with van der Waals surface area (Å²) in [6.07, 6.45) is -1.06. The van der Waals surface area contributed by atoms with Gasteiger partial charge in [-0.25, -0.2) is 4.79 Å². The first kappa shape index (κ1) is 30.0. The summed E-state index contributed by atoms with van der Waals surface area (Å²) >= 11 is 0. The Morgan fingerprint density at radius 3 is 2.42 bits per heavy atom. The van der Waals surface area contributed by atoms with Crippen molar-refractivity contribution in [1.82, 2.24) is 15.2 Å². The fraction of sp³-hybridized carbons (Fsp3) is 0.567. The third-order valence-corrected chi connectivity index (χ3v) is 8.04. The molecule has 1 amide bonds. The molecule has 0 spiro atoms. The molecule has 2 N–H and O–H groups in total. The number of aromatic nitrogens is 1. The van der Waals surface area contributed by atoms with Crippen LogP contribution in [0.3, 0.4) is 0 Å².